The number of nitrogens with one attached hydrogen (secondary N) is 1. The minimum atomic E-state index is -0.833. The predicted octanol–water partition coefficient (Wildman–Crippen LogP) is 3.56. The van der Waals surface area contributed by atoms with Crippen molar-refractivity contribution in [1.82, 2.24) is 5.32 Å². The Kier molecular flexibility index (Phi) is 16.2. The van der Waals surface area contributed by atoms with Crippen molar-refractivity contribution >= 4 is 12.2 Å². The van der Waals surface area contributed by atoms with E-state index in [1.807, 2.05) is 27.8 Å². The first kappa shape index (κ1) is 20.8. The SMILES string of the molecule is C/C=N\C(=C/NC)OC1CCCCC1.CC.CC(=O)O. The van der Waals surface area contributed by atoms with Crippen LogP contribution in [0.3, 0.4) is 0 Å². The second-order valence-electron chi connectivity index (χ2n) is 4.06. The van der Waals surface area contributed by atoms with Crippen LogP contribution in [0.5, 0.6) is 0 Å². The summed E-state index contributed by atoms with van der Waals surface area (Å²) in [6.45, 7) is 6.98. The van der Waals surface area contributed by atoms with Gasteiger partial charge in [-0.2, -0.15) is 0 Å². The number of hydrogen-bond acceptors (Lipinski definition) is 4. The number of ether oxygens (including phenoxy) is 1. The lowest BCUT2D eigenvalue weighted by molar-refractivity contribution is -0.134. The van der Waals surface area contributed by atoms with Crippen molar-refractivity contribution in [3.8, 4) is 0 Å². The van der Waals surface area contributed by atoms with E-state index in [2.05, 4.69) is 10.3 Å². The first-order valence-electron chi connectivity index (χ1n) is 7.32. The molecule has 2 N–H and O–H groups in total. The molecule has 0 bridgehead atoms. The van der Waals surface area contributed by atoms with Gasteiger partial charge in [0.15, 0.2) is 0 Å². The van der Waals surface area contributed by atoms with Gasteiger partial charge in [-0.25, -0.2) is 4.99 Å². The molecule has 0 atom stereocenters. The summed E-state index contributed by atoms with van der Waals surface area (Å²) in [5.41, 5.74) is 0. The molecule has 0 heterocycles. The summed E-state index contributed by atoms with van der Waals surface area (Å²) in [4.78, 5) is 13.2. The highest BCUT2D eigenvalue weighted by atomic mass is 16.5. The van der Waals surface area contributed by atoms with E-state index in [0.717, 1.165) is 6.92 Å². The third-order valence-corrected chi connectivity index (χ3v) is 2.36. The standard InChI is InChI=1S/C11H20N2O.C2H4O2.C2H6/c1-3-13-11(9-12-2)14-10-7-5-4-6-8-10;1-2(3)4;1-2/h3,9-10,12H,4-8H2,1-2H3;1H3,(H,3,4);1-2H3/b11-9+,13-3-;;. The Hall–Kier alpha value is -1.52. The van der Waals surface area contributed by atoms with Crippen LogP contribution in [0.1, 0.15) is 59.8 Å². The topological polar surface area (TPSA) is 70.9 Å². The van der Waals surface area contributed by atoms with Crippen LogP contribution >= 0.6 is 0 Å². The summed E-state index contributed by atoms with van der Waals surface area (Å²) in [6.07, 6.45) is 10.2. The summed E-state index contributed by atoms with van der Waals surface area (Å²) < 4.78 is 5.77. The molecule has 20 heavy (non-hydrogen) atoms. The molecular formula is C15H30N2O3. The van der Waals surface area contributed by atoms with E-state index in [1.165, 1.54) is 32.1 Å². The number of hydrogen-bond donors (Lipinski definition) is 2. The summed E-state index contributed by atoms with van der Waals surface area (Å²) in [6, 6.07) is 0. The molecule has 0 aromatic heterocycles. The van der Waals surface area contributed by atoms with Gasteiger partial charge in [-0.3, -0.25) is 4.79 Å². The van der Waals surface area contributed by atoms with Crippen molar-refractivity contribution in [3.63, 3.8) is 0 Å². The molecule has 1 rings (SSSR count). The minimum Gasteiger partial charge on any atom is -0.481 e. The second kappa shape index (κ2) is 15.5. The Morgan fingerprint density at radius 3 is 2.20 bits per heavy atom. The summed E-state index contributed by atoms with van der Waals surface area (Å²) in [7, 11) is 1.86. The van der Waals surface area contributed by atoms with Crippen LogP contribution in [0.4, 0.5) is 0 Å². The molecule has 5 heteroatoms. The molecule has 5 nitrogen and oxygen atoms in total. The van der Waals surface area contributed by atoms with Gasteiger partial charge in [0.05, 0.1) is 6.20 Å². The van der Waals surface area contributed by atoms with Gasteiger partial charge in [-0.15, -0.1) is 0 Å². The molecule has 0 aromatic rings. The normalized spacial score (nSPS) is 15.6. The zero-order valence-electron chi connectivity index (χ0n) is 13.5. The van der Waals surface area contributed by atoms with Crippen LogP contribution in [-0.4, -0.2) is 30.4 Å². The van der Waals surface area contributed by atoms with E-state index >= 15 is 0 Å². The molecule has 0 saturated heterocycles. The molecule has 0 amide bonds. The Bertz CT molecular complexity index is 279. The van der Waals surface area contributed by atoms with Crippen LogP contribution in [0.2, 0.25) is 0 Å². The highest BCUT2D eigenvalue weighted by Crippen LogP contribution is 2.22. The quantitative estimate of drug-likeness (QED) is 0.612. The Balaban J connectivity index is 0. The largest absolute Gasteiger partial charge is 0.481 e. The molecule has 1 aliphatic carbocycles. The maximum atomic E-state index is 9.00. The van der Waals surface area contributed by atoms with E-state index in [1.54, 1.807) is 12.4 Å². The fourth-order valence-corrected chi connectivity index (χ4v) is 1.71. The van der Waals surface area contributed by atoms with Gasteiger partial charge < -0.3 is 15.2 Å². The van der Waals surface area contributed by atoms with E-state index in [-0.39, 0.29) is 0 Å². The van der Waals surface area contributed by atoms with Crippen molar-refractivity contribution < 1.29 is 14.6 Å². The predicted molar refractivity (Wildman–Crippen MR) is 83.9 cm³/mol. The highest BCUT2D eigenvalue weighted by molar-refractivity contribution is 5.62. The number of nitrogens with zero attached hydrogens (tertiary/aromatic N) is 1. The van der Waals surface area contributed by atoms with Crippen molar-refractivity contribution in [2.24, 2.45) is 4.99 Å². The average Bonchev–Trinajstić information content (AvgIpc) is 2.42. The number of carboxylic acid groups (broad SMARTS) is 1. The van der Waals surface area contributed by atoms with Crippen LogP contribution in [0, 0.1) is 0 Å². The fourth-order valence-electron chi connectivity index (χ4n) is 1.71. The lowest BCUT2D eigenvalue weighted by Gasteiger charge is -2.22. The molecule has 1 fully saturated rings. The third kappa shape index (κ3) is 14.5. The highest BCUT2D eigenvalue weighted by Gasteiger charge is 2.15. The van der Waals surface area contributed by atoms with Crippen molar-refractivity contribution in [3.05, 3.63) is 12.1 Å². The zero-order valence-corrected chi connectivity index (χ0v) is 13.5. The molecule has 118 valence electrons. The van der Waals surface area contributed by atoms with Crippen LogP contribution in [0.25, 0.3) is 0 Å². The number of aliphatic carboxylic acids is 1. The van der Waals surface area contributed by atoms with Crippen molar-refractivity contribution in [1.29, 1.82) is 0 Å². The Morgan fingerprint density at radius 2 is 1.80 bits per heavy atom. The first-order chi connectivity index (χ1) is 9.60. The molecule has 0 aromatic carbocycles. The number of aliphatic imine (C=N–C) groups is 1. The average molecular weight is 286 g/mol. The first-order valence-corrected chi connectivity index (χ1v) is 7.32. The molecule has 1 saturated carbocycles. The van der Waals surface area contributed by atoms with E-state index in [0.29, 0.717) is 12.0 Å². The van der Waals surface area contributed by atoms with Crippen LogP contribution in [0.15, 0.2) is 17.1 Å². The molecule has 0 aliphatic heterocycles. The van der Waals surface area contributed by atoms with Gasteiger partial charge in [-0.1, -0.05) is 20.3 Å². The monoisotopic (exact) mass is 286 g/mol. The molecule has 0 radical (unpaired) electrons. The second-order valence-corrected chi connectivity index (χ2v) is 4.06. The van der Waals surface area contributed by atoms with Gasteiger partial charge in [0, 0.05) is 20.2 Å². The lowest BCUT2D eigenvalue weighted by Crippen LogP contribution is -2.16. The molecule has 1 aliphatic rings. The number of carboxylic acids is 1. The lowest BCUT2D eigenvalue weighted by atomic mass is 9.98. The fraction of sp³-hybridized carbons (Fsp3) is 0.733. The van der Waals surface area contributed by atoms with E-state index < -0.39 is 5.97 Å². The summed E-state index contributed by atoms with van der Waals surface area (Å²) >= 11 is 0. The van der Waals surface area contributed by atoms with Gasteiger partial charge in [0.2, 0.25) is 5.88 Å². The van der Waals surface area contributed by atoms with Crippen molar-refractivity contribution in [2.45, 2.75) is 65.9 Å². The van der Waals surface area contributed by atoms with Crippen LogP contribution in [-0.2, 0) is 9.53 Å². The zero-order chi connectivity index (χ0) is 15.8. The number of rotatable bonds is 4. The number of carbonyl (C=O) groups is 1. The third-order valence-electron chi connectivity index (χ3n) is 2.36. The van der Waals surface area contributed by atoms with E-state index in [4.69, 9.17) is 14.6 Å². The minimum absolute atomic E-state index is 0.368. The molecule has 0 unspecified atom stereocenters. The van der Waals surface area contributed by atoms with Crippen molar-refractivity contribution in [2.75, 3.05) is 7.05 Å². The maximum Gasteiger partial charge on any atom is 0.300 e. The van der Waals surface area contributed by atoms with E-state index in [9.17, 15) is 0 Å². The van der Waals surface area contributed by atoms with Gasteiger partial charge in [0.25, 0.3) is 5.97 Å². The Morgan fingerprint density at radius 1 is 1.30 bits per heavy atom. The molecule has 0 spiro atoms. The van der Waals surface area contributed by atoms with Gasteiger partial charge in [-0.05, 0) is 32.6 Å². The van der Waals surface area contributed by atoms with Crippen LogP contribution < -0.4 is 5.32 Å². The van der Waals surface area contributed by atoms with Gasteiger partial charge >= 0.3 is 0 Å². The smallest absolute Gasteiger partial charge is 0.300 e. The Labute approximate surface area is 123 Å². The summed E-state index contributed by atoms with van der Waals surface area (Å²) in [5, 5.41) is 10.4. The van der Waals surface area contributed by atoms with Gasteiger partial charge in [0.1, 0.15) is 6.10 Å². The maximum absolute atomic E-state index is 9.00. The summed E-state index contributed by atoms with van der Waals surface area (Å²) in [5.74, 6) is -0.137. The molecular weight excluding hydrogens is 256 g/mol.